The molecule has 0 atom stereocenters. The summed E-state index contributed by atoms with van der Waals surface area (Å²) in [7, 11) is 0. The van der Waals surface area contributed by atoms with Crippen LogP contribution in [0, 0.1) is 12.8 Å². The van der Waals surface area contributed by atoms with Gasteiger partial charge in [-0.15, -0.1) is 22.7 Å². The van der Waals surface area contributed by atoms with E-state index < -0.39 is 5.97 Å². The molecule has 0 amide bonds. The summed E-state index contributed by atoms with van der Waals surface area (Å²) < 4.78 is 0. The van der Waals surface area contributed by atoms with Crippen LogP contribution in [-0.4, -0.2) is 21.0 Å². The summed E-state index contributed by atoms with van der Waals surface area (Å²) in [5.74, 6) is -0.482. The molecule has 2 rings (SSSR count). The predicted octanol–water partition coefficient (Wildman–Crippen LogP) is 3.40. The van der Waals surface area contributed by atoms with Crippen molar-refractivity contribution in [3.05, 3.63) is 31.7 Å². The van der Waals surface area contributed by atoms with E-state index in [-0.39, 0.29) is 0 Å². The lowest BCUT2D eigenvalue weighted by Crippen LogP contribution is -2.02. The lowest BCUT2D eigenvalue weighted by molar-refractivity contribution is 0.0700. The zero-order valence-corrected chi connectivity index (χ0v) is 12.8. The van der Waals surface area contributed by atoms with Crippen LogP contribution >= 0.6 is 22.7 Å². The van der Waals surface area contributed by atoms with E-state index in [4.69, 9.17) is 0 Å². The SMILES string of the molecule is Cc1csc(Cc2nc(CC(C)C)c(C(=O)O)s2)n1. The Morgan fingerprint density at radius 2 is 2.11 bits per heavy atom. The minimum atomic E-state index is -0.880. The van der Waals surface area contributed by atoms with Crippen LogP contribution in [0.25, 0.3) is 0 Å². The first-order chi connectivity index (χ1) is 8.95. The average molecular weight is 296 g/mol. The predicted molar refractivity (Wildman–Crippen MR) is 77.3 cm³/mol. The maximum atomic E-state index is 11.2. The molecule has 0 aliphatic carbocycles. The van der Waals surface area contributed by atoms with Crippen molar-refractivity contribution in [2.75, 3.05) is 0 Å². The van der Waals surface area contributed by atoms with Gasteiger partial charge in [0.1, 0.15) is 9.88 Å². The van der Waals surface area contributed by atoms with Gasteiger partial charge in [-0.2, -0.15) is 0 Å². The van der Waals surface area contributed by atoms with Crippen molar-refractivity contribution in [1.82, 2.24) is 9.97 Å². The second-order valence-electron chi connectivity index (χ2n) is 4.85. The molecular formula is C13H16N2O2S2. The molecule has 2 heterocycles. The van der Waals surface area contributed by atoms with E-state index in [1.54, 1.807) is 11.3 Å². The normalized spacial score (nSPS) is 11.2. The number of carboxylic acids is 1. The molecule has 102 valence electrons. The third-order valence-electron chi connectivity index (χ3n) is 2.51. The molecule has 0 spiro atoms. The maximum Gasteiger partial charge on any atom is 0.347 e. The summed E-state index contributed by atoms with van der Waals surface area (Å²) >= 11 is 2.86. The van der Waals surface area contributed by atoms with E-state index in [0.29, 0.717) is 29.3 Å². The van der Waals surface area contributed by atoms with Gasteiger partial charge in [0.25, 0.3) is 0 Å². The van der Waals surface area contributed by atoms with Crippen molar-refractivity contribution < 1.29 is 9.90 Å². The number of hydrogen-bond donors (Lipinski definition) is 1. The van der Waals surface area contributed by atoms with Gasteiger partial charge >= 0.3 is 5.97 Å². The van der Waals surface area contributed by atoms with Crippen molar-refractivity contribution in [3.63, 3.8) is 0 Å². The number of aromatic nitrogens is 2. The van der Waals surface area contributed by atoms with Crippen LogP contribution in [0.5, 0.6) is 0 Å². The Labute approximate surface area is 120 Å². The van der Waals surface area contributed by atoms with Crippen molar-refractivity contribution in [1.29, 1.82) is 0 Å². The van der Waals surface area contributed by atoms with E-state index in [0.717, 1.165) is 15.7 Å². The largest absolute Gasteiger partial charge is 0.477 e. The van der Waals surface area contributed by atoms with Crippen LogP contribution in [0.4, 0.5) is 0 Å². The second-order valence-corrected chi connectivity index (χ2v) is 6.87. The fraction of sp³-hybridized carbons (Fsp3) is 0.462. The molecule has 0 aromatic carbocycles. The number of carbonyl (C=O) groups is 1. The molecule has 0 radical (unpaired) electrons. The summed E-state index contributed by atoms with van der Waals surface area (Å²) in [5.41, 5.74) is 1.70. The zero-order valence-electron chi connectivity index (χ0n) is 11.1. The van der Waals surface area contributed by atoms with Crippen molar-refractivity contribution in [2.45, 2.75) is 33.6 Å². The Balaban J connectivity index is 2.24. The minimum Gasteiger partial charge on any atom is -0.477 e. The molecule has 19 heavy (non-hydrogen) atoms. The van der Waals surface area contributed by atoms with Crippen LogP contribution in [0.2, 0.25) is 0 Å². The highest BCUT2D eigenvalue weighted by Gasteiger charge is 2.18. The van der Waals surface area contributed by atoms with Crippen molar-refractivity contribution in [2.24, 2.45) is 5.92 Å². The van der Waals surface area contributed by atoms with Gasteiger partial charge in [0.15, 0.2) is 0 Å². The molecule has 0 saturated carbocycles. The molecule has 4 nitrogen and oxygen atoms in total. The molecule has 1 N–H and O–H groups in total. The van der Waals surface area contributed by atoms with E-state index >= 15 is 0 Å². The van der Waals surface area contributed by atoms with Crippen LogP contribution in [0.3, 0.4) is 0 Å². The highest BCUT2D eigenvalue weighted by atomic mass is 32.1. The molecule has 0 bridgehead atoms. The topological polar surface area (TPSA) is 63.1 Å². The van der Waals surface area contributed by atoms with Gasteiger partial charge in [-0.05, 0) is 19.3 Å². The number of thiazole rings is 2. The Kier molecular flexibility index (Phi) is 4.31. The average Bonchev–Trinajstić information content (AvgIpc) is 2.85. The smallest absolute Gasteiger partial charge is 0.347 e. The molecule has 6 heteroatoms. The standard InChI is InChI=1S/C13H16N2O2S2/c1-7(2)4-9-12(13(16)17)19-11(15-9)5-10-14-8(3)6-18-10/h6-7H,4-5H2,1-3H3,(H,16,17). The Morgan fingerprint density at radius 1 is 1.37 bits per heavy atom. The Morgan fingerprint density at radius 3 is 2.63 bits per heavy atom. The molecule has 0 unspecified atom stereocenters. The fourth-order valence-electron chi connectivity index (χ4n) is 1.78. The molecule has 0 saturated heterocycles. The van der Waals surface area contributed by atoms with E-state index in [1.807, 2.05) is 12.3 Å². The van der Waals surface area contributed by atoms with Gasteiger partial charge in [-0.1, -0.05) is 13.8 Å². The van der Waals surface area contributed by atoms with Crippen LogP contribution < -0.4 is 0 Å². The molecule has 2 aromatic rings. The van der Waals surface area contributed by atoms with E-state index in [2.05, 4.69) is 23.8 Å². The van der Waals surface area contributed by atoms with Crippen molar-refractivity contribution in [3.8, 4) is 0 Å². The zero-order chi connectivity index (χ0) is 14.0. The highest BCUT2D eigenvalue weighted by molar-refractivity contribution is 7.14. The van der Waals surface area contributed by atoms with Gasteiger partial charge in [0, 0.05) is 11.1 Å². The second kappa shape index (κ2) is 5.79. The number of hydrogen-bond acceptors (Lipinski definition) is 5. The summed E-state index contributed by atoms with van der Waals surface area (Å²) in [6.45, 7) is 6.08. The summed E-state index contributed by atoms with van der Waals surface area (Å²) in [5, 5.41) is 13.0. The first-order valence-corrected chi connectivity index (χ1v) is 7.78. The molecule has 0 aliphatic heterocycles. The van der Waals surface area contributed by atoms with Gasteiger partial charge in [-0.25, -0.2) is 14.8 Å². The highest BCUT2D eigenvalue weighted by Crippen LogP contribution is 2.24. The molecular weight excluding hydrogens is 280 g/mol. The summed E-state index contributed by atoms with van der Waals surface area (Å²) in [4.78, 5) is 20.5. The fourth-order valence-corrected chi connectivity index (χ4v) is 3.58. The van der Waals surface area contributed by atoms with Gasteiger partial charge in [-0.3, -0.25) is 0 Å². The maximum absolute atomic E-state index is 11.2. The monoisotopic (exact) mass is 296 g/mol. The molecule has 0 aliphatic rings. The third kappa shape index (κ3) is 3.61. The minimum absolute atomic E-state index is 0.372. The van der Waals surface area contributed by atoms with Gasteiger partial charge in [0.2, 0.25) is 0 Å². The van der Waals surface area contributed by atoms with Gasteiger partial charge in [0.05, 0.1) is 17.1 Å². The number of aryl methyl sites for hydroxylation is 1. The van der Waals surface area contributed by atoms with Crippen LogP contribution in [-0.2, 0) is 12.8 Å². The van der Waals surface area contributed by atoms with Gasteiger partial charge < -0.3 is 5.11 Å². The number of nitrogens with zero attached hydrogens (tertiary/aromatic N) is 2. The van der Waals surface area contributed by atoms with E-state index in [1.165, 1.54) is 11.3 Å². The third-order valence-corrected chi connectivity index (χ3v) is 4.56. The van der Waals surface area contributed by atoms with Crippen molar-refractivity contribution >= 4 is 28.6 Å². The number of carboxylic acid groups (broad SMARTS) is 1. The summed E-state index contributed by atoms with van der Waals surface area (Å²) in [6.07, 6.45) is 1.33. The lowest BCUT2D eigenvalue weighted by atomic mass is 10.1. The number of aromatic carboxylic acids is 1. The molecule has 2 aromatic heterocycles. The molecule has 0 fully saturated rings. The first-order valence-electron chi connectivity index (χ1n) is 6.08. The summed E-state index contributed by atoms with van der Waals surface area (Å²) in [6, 6.07) is 0. The van der Waals surface area contributed by atoms with Crippen LogP contribution in [0.15, 0.2) is 5.38 Å². The van der Waals surface area contributed by atoms with Crippen LogP contribution in [0.1, 0.15) is 44.9 Å². The lowest BCUT2D eigenvalue weighted by Gasteiger charge is -2.01. The van der Waals surface area contributed by atoms with E-state index in [9.17, 15) is 9.90 Å². The number of rotatable bonds is 5. The Hall–Kier alpha value is -1.27. The quantitative estimate of drug-likeness (QED) is 0.918. The Bertz CT molecular complexity index is 587. The first kappa shape index (κ1) is 14.1.